The van der Waals surface area contributed by atoms with E-state index < -0.39 is 0 Å². The highest BCUT2D eigenvalue weighted by Crippen LogP contribution is 2.41. The molecule has 0 spiro atoms. The first-order valence-corrected chi connectivity index (χ1v) is 17.7. The van der Waals surface area contributed by atoms with Gasteiger partial charge in [-0.15, -0.1) is 0 Å². The van der Waals surface area contributed by atoms with Gasteiger partial charge in [0, 0.05) is 61.1 Å². The number of anilines is 1. The number of nitrogens with one attached hydrogen (secondary N) is 1. The van der Waals surface area contributed by atoms with Crippen molar-refractivity contribution in [3.8, 4) is 11.5 Å². The Kier molecular flexibility index (Phi) is 13.7. The molecule has 1 N–H and O–H groups in total. The van der Waals surface area contributed by atoms with Crippen molar-refractivity contribution in [2.24, 2.45) is 5.41 Å². The maximum atomic E-state index is 10.3. The molecule has 5 rings (SSSR count). The summed E-state index contributed by atoms with van der Waals surface area (Å²) < 4.78 is 10.9. The molecular formula is C43H57N3O3. The van der Waals surface area contributed by atoms with Gasteiger partial charge in [0.2, 0.25) is 0 Å². The van der Waals surface area contributed by atoms with Crippen molar-refractivity contribution in [1.29, 1.82) is 0 Å². The number of aryl methyl sites for hydroxylation is 1. The van der Waals surface area contributed by atoms with Gasteiger partial charge < -0.3 is 19.4 Å². The van der Waals surface area contributed by atoms with Gasteiger partial charge in [0.15, 0.2) is 11.5 Å². The summed E-state index contributed by atoms with van der Waals surface area (Å²) in [4.78, 5) is 18.9. The molecule has 2 heterocycles. The van der Waals surface area contributed by atoms with Crippen LogP contribution in [0.1, 0.15) is 65.1 Å². The molecule has 3 aromatic rings. The predicted octanol–water partition coefficient (Wildman–Crippen LogP) is 9.58. The lowest BCUT2D eigenvalue weighted by Crippen LogP contribution is -2.47. The fourth-order valence-corrected chi connectivity index (χ4v) is 6.97. The molecule has 49 heavy (non-hydrogen) atoms. The third-order valence-electron chi connectivity index (χ3n) is 9.90. The van der Waals surface area contributed by atoms with Crippen LogP contribution in [0.25, 0.3) is 10.9 Å². The van der Waals surface area contributed by atoms with Gasteiger partial charge in [0.1, 0.15) is 6.29 Å². The Balaban J connectivity index is 0.000000232. The monoisotopic (exact) mass is 663 g/mol. The van der Waals surface area contributed by atoms with Crippen LogP contribution >= 0.6 is 0 Å². The minimum atomic E-state index is 0.290. The van der Waals surface area contributed by atoms with E-state index in [0.717, 1.165) is 68.0 Å². The zero-order valence-electron chi connectivity index (χ0n) is 31.1. The summed E-state index contributed by atoms with van der Waals surface area (Å²) in [6.07, 6.45) is 17.7. The summed E-state index contributed by atoms with van der Waals surface area (Å²) in [6, 6.07) is 14.8. The molecule has 6 nitrogen and oxygen atoms in total. The molecule has 0 radical (unpaired) electrons. The van der Waals surface area contributed by atoms with Crippen molar-refractivity contribution >= 4 is 22.9 Å². The topological polar surface area (TPSA) is 57.8 Å². The number of ether oxygens (including phenoxy) is 2. The highest BCUT2D eigenvalue weighted by molar-refractivity contribution is 5.88. The minimum absolute atomic E-state index is 0.290. The molecule has 1 aliphatic carbocycles. The number of carbonyl (C=O) groups is 1. The Bertz CT molecular complexity index is 1700. The van der Waals surface area contributed by atoms with E-state index >= 15 is 0 Å². The minimum Gasteiger partial charge on any atom is -0.493 e. The van der Waals surface area contributed by atoms with Gasteiger partial charge >= 0.3 is 0 Å². The third kappa shape index (κ3) is 10.4. The molecule has 1 aromatic heterocycles. The van der Waals surface area contributed by atoms with Crippen LogP contribution < -0.4 is 14.4 Å². The summed E-state index contributed by atoms with van der Waals surface area (Å²) >= 11 is 0. The number of para-hydroxylation sites is 1. The fraction of sp³-hybridized carbons (Fsp3) is 0.419. The van der Waals surface area contributed by atoms with Crippen LogP contribution in [0, 0.1) is 12.3 Å². The maximum Gasteiger partial charge on any atom is 0.162 e. The largest absolute Gasteiger partial charge is 0.493 e. The van der Waals surface area contributed by atoms with E-state index in [9.17, 15) is 4.79 Å². The standard InChI is InChI=1S/C23H29N3O2.C20H28O/c1-17-19(20-15-22(27-2)23(28-3)16-21(20)24-17)9-10-25-11-13-26(14-12-25)18-7-5-4-6-8-18;1-16(8-6-9-17(2)13-15-21)11-12-19-18(3)10-7-14-20(19,4)5/h4-8,15-16,24H,9-14H2,1-3H3;6,8-9,11-13,15H,7,10,14H2,1-5H3/b;9-6+,12-11+,16-8+,17-13+. The van der Waals surface area contributed by atoms with E-state index in [1.54, 1.807) is 20.3 Å². The highest BCUT2D eigenvalue weighted by atomic mass is 16.5. The number of aromatic nitrogens is 1. The smallest absolute Gasteiger partial charge is 0.162 e. The summed E-state index contributed by atoms with van der Waals surface area (Å²) in [6.45, 7) is 18.6. The van der Waals surface area contributed by atoms with Crippen molar-refractivity contribution in [1.82, 2.24) is 9.88 Å². The van der Waals surface area contributed by atoms with Crippen LogP contribution in [-0.2, 0) is 11.2 Å². The Morgan fingerprint density at radius 2 is 1.59 bits per heavy atom. The zero-order valence-corrected chi connectivity index (χ0v) is 31.1. The molecule has 262 valence electrons. The van der Waals surface area contributed by atoms with E-state index in [2.05, 4.69) is 104 Å². The molecule has 0 unspecified atom stereocenters. The second-order valence-corrected chi connectivity index (χ2v) is 14.0. The number of fused-ring (bicyclic) bond motifs is 1. The van der Waals surface area contributed by atoms with Crippen molar-refractivity contribution in [3.05, 3.63) is 112 Å². The first-order chi connectivity index (χ1) is 23.6. The van der Waals surface area contributed by atoms with Crippen molar-refractivity contribution in [3.63, 3.8) is 0 Å². The fourth-order valence-electron chi connectivity index (χ4n) is 6.97. The third-order valence-corrected chi connectivity index (χ3v) is 9.90. The predicted molar refractivity (Wildman–Crippen MR) is 207 cm³/mol. The number of rotatable bonds is 11. The Hall–Kier alpha value is -4.29. The zero-order chi connectivity index (χ0) is 35.4. The van der Waals surface area contributed by atoms with Crippen LogP contribution in [0.2, 0.25) is 0 Å². The number of methoxy groups -OCH3 is 2. The molecule has 2 aliphatic rings. The lowest BCUT2D eigenvalue weighted by Gasteiger charge is -2.36. The molecule has 2 aromatic carbocycles. The number of hydrogen-bond donors (Lipinski definition) is 1. The number of nitrogens with zero attached hydrogens (tertiary/aromatic N) is 2. The summed E-state index contributed by atoms with van der Waals surface area (Å²) in [5, 5.41) is 1.23. The molecule has 1 fully saturated rings. The normalized spacial score (nSPS) is 17.5. The Morgan fingerprint density at radius 3 is 2.24 bits per heavy atom. The molecule has 6 heteroatoms. The number of carbonyl (C=O) groups excluding carboxylic acids is 1. The second-order valence-electron chi connectivity index (χ2n) is 14.0. The molecule has 0 bridgehead atoms. The molecular weight excluding hydrogens is 606 g/mol. The molecule has 0 atom stereocenters. The van der Waals surface area contributed by atoms with Crippen LogP contribution in [0.4, 0.5) is 5.69 Å². The van der Waals surface area contributed by atoms with Gasteiger partial charge in [-0.25, -0.2) is 0 Å². The number of aromatic amines is 1. The number of H-pyrrole nitrogens is 1. The first kappa shape index (κ1) is 37.5. The number of piperazine rings is 1. The van der Waals surface area contributed by atoms with Crippen LogP contribution in [0.15, 0.2) is 101 Å². The van der Waals surface area contributed by atoms with E-state index in [1.165, 1.54) is 58.3 Å². The van der Waals surface area contributed by atoms with Crippen molar-refractivity contribution in [2.75, 3.05) is 51.8 Å². The van der Waals surface area contributed by atoms with E-state index in [1.807, 2.05) is 25.1 Å². The number of allylic oxidation sites excluding steroid dienone is 10. The number of aldehydes is 1. The SMILES string of the molecule is CC1=C(/C=C/C(C)=C/C=C/C(C)=C/C=O)C(C)(C)CCC1.COc1cc2[nH]c(C)c(CCN3CCN(c4ccccc4)CC3)c2cc1OC. The van der Waals surface area contributed by atoms with Gasteiger partial charge in [-0.2, -0.15) is 0 Å². The van der Waals surface area contributed by atoms with Gasteiger partial charge in [-0.05, 0) is 99.8 Å². The molecule has 0 amide bonds. The Morgan fingerprint density at radius 1 is 0.918 bits per heavy atom. The van der Waals surface area contributed by atoms with Crippen LogP contribution in [0.5, 0.6) is 11.5 Å². The van der Waals surface area contributed by atoms with E-state index in [-0.39, 0.29) is 5.41 Å². The van der Waals surface area contributed by atoms with Crippen LogP contribution in [0.3, 0.4) is 0 Å². The quantitative estimate of drug-likeness (QED) is 0.126. The van der Waals surface area contributed by atoms with E-state index in [0.29, 0.717) is 0 Å². The van der Waals surface area contributed by atoms with Gasteiger partial charge in [-0.3, -0.25) is 9.69 Å². The molecule has 1 saturated heterocycles. The van der Waals surface area contributed by atoms with Crippen molar-refractivity contribution < 1.29 is 14.3 Å². The summed E-state index contributed by atoms with van der Waals surface area (Å²) in [5.74, 6) is 1.55. The lowest BCUT2D eigenvalue weighted by atomic mass is 9.72. The van der Waals surface area contributed by atoms with Crippen molar-refractivity contribution in [2.45, 2.75) is 67.2 Å². The summed E-state index contributed by atoms with van der Waals surface area (Å²) in [5.41, 5.74) is 10.5. The van der Waals surface area contributed by atoms with Gasteiger partial charge in [0.05, 0.1) is 14.2 Å². The Labute approximate surface area is 294 Å². The second kappa shape index (κ2) is 17.9. The molecule has 0 saturated carbocycles. The van der Waals surface area contributed by atoms with Gasteiger partial charge in [-0.1, -0.05) is 73.6 Å². The maximum absolute atomic E-state index is 10.3. The van der Waals surface area contributed by atoms with Crippen LogP contribution in [-0.4, -0.2) is 63.1 Å². The number of hydrogen-bond acceptors (Lipinski definition) is 5. The van der Waals surface area contributed by atoms with E-state index in [4.69, 9.17) is 9.47 Å². The molecule has 1 aliphatic heterocycles. The summed E-state index contributed by atoms with van der Waals surface area (Å²) in [7, 11) is 3.37. The average molecular weight is 664 g/mol. The average Bonchev–Trinajstić information content (AvgIpc) is 3.40. The first-order valence-electron chi connectivity index (χ1n) is 17.7. The highest BCUT2D eigenvalue weighted by Gasteiger charge is 2.26. The van der Waals surface area contributed by atoms with Gasteiger partial charge in [0.25, 0.3) is 0 Å². The lowest BCUT2D eigenvalue weighted by molar-refractivity contribution is -0.104. The number of benzene rings is 2.